The van der Waals surface area contributed by atoms with E-state index in [2.05, 4.69) is 0 Å². The van der Waals surface area contributed by atoms with Crippen LogP contribution in [0.25, 0.3) is 22.0 Å². The van der Waals surface area contributed by atoms with Gasteiger partial charge in [0.1, 0.15) is 12.4 Å². The summed E-state index contributed by atoms with van der Waals surface area (Å²) in [7, 11) is 1.82. The summed E-state index contributed by atoms with van der Waals surface area (Å²) in [5.74, 6) is 0.810. The third-order valence-electron chi connectivity index (χ3n) is 4.58. The Bertz CT molecular complexity index is 1100. The van der Waals surface area contributed by atoms with Crippen LogP contribution < -0.4 is 10.3 Å². The van der Waals surface area contributed by atoms with Crippen LogP contribution in [0.2, 0.25) is 0 Å². The maximum absolute atomic E-state index is 12.9. The molecular weight excluding hydrogens is 322 g/mol. The maximum Gasteiger partial charge on any atom is 0.258 e. The summed E-state index contributed by atoms with van der Waals surface area (Å²) in [6, 6.07) is 27.4. The van der Waals surface area contributed by atoms with Crippen molar-refractivity contribution in [3.8, 4) is 17.0 Å². The van der Waals surface area contributed by atoms with E-state index in [-0.39, 0.29) is 5.56 Å². The van der Waals surface area contributed by atoms with E-state index >= 15 is 0 Å². The molecule has 3 nitrogen and oxygen atoms in total. The van der Waals surface area contributed by atoms with Crippen molar-refractivity contribution in [2.75, 3.05) is 0 Å². The van der Waals surface area contributed by atoms with Crippen molar-refractivity contribution in [1.29, 1.82) is 0 Å². The largest absolute Gasteiger partial charge is 0.489 e. The van der Waals surface area contributed by atoms with Gasteiger partial charge < -0.3 is 9.30 Å². The molecule has 0 aliphatic rings. The normalized spacial score (nSPS) is 10.8. The number of fused-ring (bicyclic) bond motifs is 1. The van der Waals surface area contributed by atoms with E-state index in [0.29, 0.717) is 12.0 Å². The van der Waals surface area contributed by atoms with Gasteiger partial charge in [0.2, 0.25) is 0 Å². The number of nitrogens with zero attached hydrogens (tertiary/aromatic N) is 1. The lowest BCUT2D eigenvalue weighted by Gasteiger charge is -2.18. The number of hydrogen-bond acceptors (Lipinski definition) is 2. The summed E-state index contributed by atoms with van der Waals surface area (Å²) < 4.78 is 7.77. The van der Waals surface area contributed by atoms with Crippen molar-refractivity contribution in [3.05, 3.63) is 101 Å². The van der Waals surface area contributed by atoms with E-state index in [9.17, 15) is 4.79 Å². The van der Waals surface area contributed by atoms with Crippen molar-refractivity contribution in [1.82, 2.24) is 4.57 Å². The first kappa shape index (κ1) is 16.2. The van der Waals surface area contributed by atoms with Gasteiger partial charge in [-0.05, 0) is 29.1 Å². The predicted octanol–water partition coefficient (Wildman–Crippen LogP) is 4.78. The molecule has 0 spiro atoms. The molecule has 0 unspecified atom stereocenters. The van der Waals surface area contributed by atoms with Crippen LogP contribution in [0, 0.1) is 0 Å². The minimum absolute atomic E-state index is 0.00270. The van der Waals surface area contributed by atoms with Gasteiger partial charge in [-0.25, -0.2) is 0 Å². The molecule has 0 bridgehead atoms. The third kappa shape index (κ3) is 2.88. The molecule has 1 aromatic heterocycles. The first-order valence-corrected chi connectivity index (χ1v) is 8.59. The van der Waals surface area contributed by atoms with E-state index < -0.39 is 0 Å². The highest BCUT2D eigenvalue weighted by molar-refractivity contribution is 5.89. The first-order chi connectivity index (χ1) is 12.8. The molecule has 26 heavy (non-hydrogen) atoms. The molecule has 0 fully saturated rings. The Morgan fingerprint density at radius 1 is 0.769 bits per heavy atom. The molecule has 128 valence electrons. The number of pyridine rings is 1. The van der Waals surface area contributed by atoms with Crippen molar-refractivity contribution in [2.45, 2.75) is 6.61 Å². The van der Waals surface area contributed by atoms with Gasteiger partial charge in [0, 0.05) is 18.0 Å². The molecule has 3 heteroatoms. The zero-order valence-electron chi connectivity index (χ0n) is 14.6. The van der Waals surface area contributed by atoms with Crippen LogP contribution in [0.5, 0.6) is 5.75 Å². The molecule has 4 aromatic rings. The lowest BCUT2D eigenvalue weighted by molar-refractivity contribution is 0.307. The average molecular weight is 341 g/mol. The van der Waals surface area contributed by atoms with E-state index in [1.807, 2.05) is 92.0 Å². The maximum atomic E-state index is 12.9. The summed E-state index contributed by atoms with van der Waals surface area (Å²) in [6.45, 7) is 0.392. The lowest BCUT2D eigenvalue weighted by atomic mass is 9.99. The quantitative estimate of drug-likeness (QED) is 0.535. The highest BCUT2D eigenvalue weighted by Gasteiger charge is 2.16. The van der Waals surface area contributed by atoms with Gasteiger partial charge in [-0.1, -0.05) is 66.7 Å². The molecule has 0 saturated heterocycles. The molecule has 0 radical (unpaired) electrons. The standard InChI is InChI=1S/C23H19NO2/c1-24-22(17-10-4-2-5-11-17)21(16-26-18-12-6-3-7-13-18)19-14-8-9-15-20(19)23(24)25/h2-15H,16H2,1H3. The SMILES string of the molecule is Cn1c(-c2ccccc2)c(COc2ccccc2)c2ccccc2c1=O. The monoisotopic (exact) mass is 341 g/mol. The number of aromatic nitrogens is 1. The second-order valence-corrected chi connectivity index (χ2v) is 6.20. The minimum atomic E-state index is 0.00270. The fourth-order valence-electron chi connectivity index (χ4n) is 3.33. The van der Waals surface area contributed by atoms with Gasteiger partial charge in [0.25, 0.3) is 5.56 Å². The Labute approximate surface area is 152 Å². The smallest absolute Gasteiger partial charge is 0.258 e. The summed E-state index contributed by atoms with van der Waals surface area (Å²) in [5, 5.41) is 1.65. The Hall–Kier alpha value is -3.33. The number of para-hydroxylation sites is 1. The first-order valence-electron chi connectivity index (χ1n) is 8.59. The Balaban J connectivity index is 1.93. The van der Waals surface area contributed by atoms with Crippen LogP contribution in [-0.4, -0.2) is 4.57 Å². The van der Waals surface area contributed by atoms with E-state index in [0.717, 1.165) is 28.0 Å². The Morgan fingerprint density at radius 3 is 2.04 bits per heavy atom. The van der Waals surface area contributed by atoms with Crippen LogP contribution in [0.4, 0.5) is 0 Å². The predicted molar refractivity (Wildman–Crippen MR) is 105 cm³/mol. The molecule has 1 heterocycles. The number of ether oxygens (including phenoxy) is 1. The molecule has 0 saturated carbocycles. The van der Waals surface area contributed by atoms with Gasteiger partial charge in [-0.15, -0.1) is 0 Å². The fraction of sp³-hybridized carbons (Fsp3) is 0.0870. The van der Waals surface area contributed by atoms with Crippen molar-refractivity contribution in [3.63, 3.8) is 0 Å². The van der Waals surface area contributed by atoms with E-state index in [4.69, 9.17) is 4.74 Å². The average Bonchev–Trinajstić information content (AvgIpc) is 2.71. The summed E-state index contributed by atoms with van der Waals surface area (Å²) >= 11 is 0. The Morgan fingerprint density at radius 2 is 1.35 bits per heavy atom. The Kier molecular flexibility index (Phi) is 4.28. The number of rotatable bonds is 4. The third-order valence-corrected chi connectivity index (χ3v) is 4.58. The molecule has 0 aliphatic heterocycles. The zero-order valence-corrected chi connectivity index (χ0v) is 14.6. The number of hydrogen-bond donors (Lipinski definition) is 0. The number of benzene rings is 3. The van der Waals surface area contributed by atoms with E-state index in [1.165, 1.54) is 0 Å². The van der Waals surface area contributed by atoms with Crippen LogP contribution in [0.15, 0.2) is 89.7 Å². The zero-order chi connectivity index (χ0) is 17.9. The molecule has 3 aromatic carbocycles. The van der Waals surface area contributed by atoms with Gasteiger partial charge >= 0.3 is 0 Å². The highest BCUT2D eigenvalue weighted by Crippen LogP contribution is 2.29. The minimum Gasteiger partial charge on any atom is -0.489 e. The van der Waals surface area contributed by atoms with E-state index in [1.54, 1.807) is 4.57 Å². The van der Waals surface area contributed by atoms with Crippen LogP contribution in [0.1, 0.15) is 5.56 Å². The van der Waals surface area contributed by atoms with Crippen molar-refractivity contribution in [2.24, 2.45) is 7.05 Å². The van der Waals surface area contributed by atoms with Crippen LogP contribution in [0.3, 0.4) is 0 Å². The summed E-state index contributed by atoms with van der Waals surface area (Å²) in [6.07, 6.45) is 0. The molecule has 0 N–H and O–H groups in total. The summed E-state index contributed by atoms with van der Waals surface area (Å²) in [5.41, 5.74) is 2.91. The second kappa shape index (κ2) is 6.89. The van der Waals surface area contributed by atoms with Gasteiger partial charge in [-0.3, -0.25) is 4.79 Å². The van der Waals surface area contributed by atoms with Crippen LogP contribution in [-0.2, 0) is 13.7 Å². The van der Waals surface area contributed by atoms with Gasteiger partial charge in [0.15, 0.2) is 0 Å². The highest BCUT2D eigenvalue weighted by atomic mass is 16.5. The van der Waals surface area contributed by atoms with Crippen molar-refractivity contribution >= 4 is 10.8 Å². The fourth-order valence-corrected chi connectivity index (χ4v) is 3.33. The van der Waals surface area contributed by atoms with Gasteiger partial charge in [0.05, 0.1) is 5.69 Å². The van der Waals surface area contributed by atoms with Gasteiger partial charge in [-0.2, -0.15) is 0 Å². The molecule has 0 atom stereocenters. The molecule has 4 rings (SSSR count). The lowest BCUT2D eigenvalue weighted by Crippen LogP contribution is -2.21. The second-order valence-electron chi connectivity index (χ2n) is 6.20. The van der Waals surface area contributed by atoms with Crippen molar-refractivity contribution < 1.29 is 4.74 Å². The van der Waals surface area contributed by atoms with Crippen LogP contribution >= 0.6 is 0 Å². The molecular formula is C23H19NO2. The molecule has 0 amide bonds. The summed E-state index contributed by atoms with van der Waals surface area (Å²) in [4.78, 5) is 12.9. The topological polar surface area (TPSA) is 31.2 Å². The molecule has 0 aliphatic carbocycles.